The van der Waals surface area contributed by atoms with Crippen LogP contribution in [0.1, 0.15) is 24.8 Å². The fraction of sp³-hybridized carbons (Fsp3) is 0.381. The number of likely N-dealkylation sites (tertiary alicyclic amines) is 1. The second kappa shape index (κ2) is 9.30. The van der Waals surface area contributed by atoms with Gasteiger partial charge >= 0.3 is 0 Å². The molecule has 1 saturated heterocycles. The fourth-order valence-electron chi connectivity index (χ4n) is 3.22. The van der Waals surface area contributed by atoms with E-state index in [4.69, 9.17) is 11.6 Å². The van der Waals surface area contributed by atoms with Gasteiger partial charge in [0.1, 0.15) is 0 Å². The van der Waals surface area contributed by atoms with Gasteiger partial charge in [-0.1, -0.05) is 41.9 Å². The maximum Gasteiger partial charge on any atom is 0.226 e. The van der Waals surface area contributed by atoms with Crippen molar-refractivity contribution in [3.63, 3.8) is 0 Å². The van der Waals surface area contributed by atoms with Crippen molar-refractivity contribution >= 4 is 29.3 Å². The third-order valence-electron chi connectivity index (χ3n) is 4.61. The van der Waals surface area contributed by atoms with Crippen LogP contribution in [0.5, 0.6) is 0 Å². The predicted octanol–water partition coefficient (Wildman–Crippen LogP) is 5.30. The van der Waals surface area contributed by atoms with E-state index in [-0.39, 0.29) is 5.92 Å². The zero-order valence-electron chi connectivity index (χ0n) is 14.4. The second-order valence-electron chi connectivity index (χ2n) is 6.54. The van der Waals surface area contributed by atoms with Crippen LogP contribution in [-0.4, -0.2) is 29.6 Å². The van der Waals surface area contributed by atoms with Crippen LogP contribution in [0.15, 0.2) is 59.5 Å². The van der Waals surface area contributed by atoms with Crippen molar-refractivity contribution in [2.24, 2.45) is 5.92 Å². The van der Waals surface area contributed by atoms with Gasteiger partial charge in [-0.25, -0.2) is 0 Å². The summed E-state index contributed by atoms with van der Waals surface area (Å²) in [5.41, 5.74) is 1.23. The van der Waals surface area contributed by atoms with Crippen molar-refractivity contribution < 1.29 is 4.79 Å². The number of halogens is 1. The van der Waals surface area contributed by atoms with Crippen molar-refractivity contribution in [1.82, 2.24) is 4.90 Å². The van der Waals surface area contributed by atoms with Crippen molar-refractivity contribution in [3.05, 3.63) is 65.2 Å². The lowest BCUT2D eigenvalue weighted by molar-refractivity contribution is -0.135. The maximum absolute atomic E-state index is 13.1. The van der Waals surface area contributed by atoms with Crippen LogP contribution in [0, 0.1) is 5.92 Å². The number of rotatable bonds is 6. The zero-order valence-corrected chi connectivity index (χ0v) is 15.9. The Bertz CT molecular complexity index is 668. The summed E-state index contributed by atoms with van der Waals surface area (Å²) >= 11 is 7.71. The molecule has 1 fully saturated rings. The first kappa shape index (κ1) is 18.3. The number of benzene rings is 2. The normalized spacial score (nSPS) is 15.8. The number of carbonyl (C=O) groups is 1. The SMILES string of the molecule is O=C(C(CSc1ccc(Cl)cc1)Cc1ccccc1)N1CCCCC1. The molecule has 2 aromatic rings. The summed E-state index contributed by atoms with van der Waals surface area (Å²) in [5, 5.41) is 0.745. The third kappa shape index (κ3) is 5.52. The van der Waals surface area contributed by atoms with Crippen LogP contribution in [-0.2, 0) is 11.2 Å². The molecule has 4 heteroatoms. The highest BCUT2D eigenvalue weighted by Gasteiger charge is 2.26. The van der Waals surface area contributed by atoms with Gasteiger partial charge in [0.15, 0.2) is 0 Å². The molecule has 0 bridgehead atoms. The molecule has 1 heterocycles. The van der Waals surface area contributed by atoms with E-state index < -0.39 is 0 Å². The molecule has 1 unspecified atom stereocenters. The van der Waals surface area contributed by atoms with Crippen molar-refractivity contribution in [1.29, 1.82) is 0 Å². The Hall–Kier alpha value is -1.45. The van der Waals surface area contributed by atoms with Gasteiger partial charge in [0, 0.05) is 28.8 Å². The minimum Gasteiger partial charge on any atom is -0.342 e. The highest BCUT2D eigenvalue weighted by atomic mass is 35.5. The van der Waals surface area contributed by atoms with E-state index in [1.165, 1.54) is 12.0 Å². The first-order valence-corrected chi connectivity index (χ1v) is 10.3. The van der Waals surface area contributed by atoms with E-state index in [9.17, 15) is 4.79 Å². The quantitative estimate of drug-likeness (QED) is 0.640. The summed E-state index contributed by atoms with van der Waals surface area (Å²) in [4.78, 5) is 16.3. The van der Waals surface area contributed by atoms with E-state index in [1.807, 2.05) is 42.5 Å². The molecule has 0 N–H and O–H groups in total. The summed E-state index contributed by atoms with van der Waals surface area (Å²) in [6.07, 6.45) is 4.31. The third-order valence-corrected chi connectivity index (χ3v) is 6.03. The molecule has 1 aliphatic heterocycles. The van der Waals surface area contributed by atoms with E-state index in [0.29, 0.717) is 5.91 Å². The Morgan fingerprint density at radius 2 is 1.68 bits per heavy atom. The van der Waals surface area contributed by atoms with Crippen LogP contribution in [0.25, 0.3) is 0 Å². The van der Waals surface area contributed by atoms with E-state index in [2.05, 4.69) is 17.0 Å². The molecule has 25 heavy (non-hydrogen) atoms. The molecule has 0 spiro atoms. The van der Waals surface area contributed by atoms with Gasteiger partial charge in [-0.3, -0.25) is 4.79 Å². The number of nitrogens with zero attached hydrogens (tertiary/aromatic N) is 1. The molecular formula is C21H24ClNOS. The molecule has 1 aliphatic rings. The zero-order chi connectivity index (χ0) is 17.5. The van der Waals surface area contributed by atoms with Gasteiger partial charge in [-0.15, -0.1) is 11.8 Å². The number of thioether (sulfide) groups is 1. The Kier molecular flexibility index (Phi) is 6.83. The maximum atomic E-state index is 13.1. The van der Waals surface area contributed by atoms with Crippen LogP contribution < -0.4 is 0 Å². The Balaban J connectivity index is 1.68. The monoisotopic (exact) mass is 373 g/mol. The van der Waals surface area contributed by atoms with Crippen LogP contribution >= 0.6 is 23.4 Å². The van der Waals surface area contributed by atoms with Gasteiger partial charge in [-0.05, 0) is 55.5 Å². The molecule has 2 nitrogen and oxygen atoms in total. The van der Waals surface area contributed by atoms with Crippen LogP contribution in [0.4, 0.5) is 0 Å². The Labute approximate surface area is 159 Å². The molecule has 0 aromatic heterocycles. The largest absolute Gasteiger partial charge is 0.342 e. The number of hydrogen-bond donors (Lipinski definition) is 0. The Morgan fingerprint density at radius 3 is 2.36 bits per heavy atom. The van der Waals surface area contributed by atoms with E-state index in [0.717, 1.165) is 48.0 Å². The summed E-state index contributed by atoms with van der Waals surface area (Å²) in [6, 6.07) is 18.2. The minimum atomic E-state index is 0.0150. The van der Waals surface area contributed by atoms with Crippen LogP contribution in [0.3, 0.4) is 0 Å². The van der Waals surface area contributed by atoms with Gasteiger partial charge in [0.25, 0.3) is 0 Å². The molecule has 132 valence electrons. The number of carbonyl (C=O) groups excluding carboxylic acids is 1. The summed E-state index contributed by atoms with van der Waals surface area (Å²) < 4.78 is 0. The number of amides is 1. The average Bonchev–Trinajstić information content (AvgIpc) is 2.67. The lowest BCUT2D eigenvalue weighted by Crippen LogP contribution is -2.41. The van der Waals surface area contributed by atoms with Gasteiger partial charge in [0.05, 0.1) is 5.92 Å². The molecule has 0 radical (unpaired) electrons. The highest BCUT2D eigenvalue weighted by molar-refractivity contribution is 7.99. The smallest absolute Gasteiger partial charge is 0.226 e. The van der Waals surface area contributed by atoms with Crippen molar-refractivity contribution in [2.45, 2.75) is 30.6 Å². The van der Waals surface area contributed by atoms with Gasteiger partial charge < -0.3 is 4.90 Å². The number of piperidine rings is 1. The summed E-state index contributed by atoms with van der Waals surface area (Å²) in [6.45, 7) is 1.82. The summed E-state index contributed by atoms with van der Waals surface area (Å²) in [7, 11) is 0. The lowest BCUT2D eigenvalue weighted by atomic mass is 9.98. The first-order chi connectivity index (χ1) is 12.2. The lowest BCUT2D eigenvalue weighted by Gasteiger charge is -2.30. The molecule has 1 atom stereocenters. The molecule has 1 amide bonds. The number of hydrogen-bond acceptors (Lipinski definition) is 2. The fourth-order valence-corrected chi connectivity index (χ4v) is 4.32. The molecule has 0 saturated carbocycles. The van der Waals surface area contributed by atoms with Gasteiger partial charge in [0.2, 0.25) is 5.91 Å². The minimum absolute atomic E-state index is 0.0150. The van der Waals surface area contributed by atoms with Crippen molar-refractivity contribution in [2.75, 3.05) is 18.8 Å². The first-order valence-electron chi connectivity index (χ1n) is 8.93. The van der Waals surface area contributed by atoms with E-state index in [1.54, 1.807) is 11.8 Å². The second-order valence-corrected chi connectivity index (χ2v) is 8.07. The molecule has 3 rings (SSSR count). The molecular weight excluding hydrogens is 350 g/mol. The van der Waals surface area contributed by atoms with Crippen molar-refractivity contribution in [3.8, 4) is 0 Å². The highest BCUT2D eigenvalue weighted by Crippen LogP contribution is 2.26. The average molecular weight is 374 g/mol. The Morgan fingerprint density at radius 1 is 1.00 bits per heavy atom. The standard InChI is InChI=1S/C21H24ClNOS/c22-19-9-11-20(12-10-19)25-16-18(15-17-7-3-1-4-8-17)21(24)23-13-5-2-6-14-23/h1,3-4,7-12,18H,2,5-6,13-16H2. The molecule has 2 aromatic carbocycles. The molecule has 0 aliphatic carbocycles. The van der Waals surface area contributed by atoms with Crippen LogP contribution in [0.2, 0.25) is 5.02 Å². The van der Waals surface area contributed by atoms with Gasteiger partial charge in [-0.2, -0.15) is 0 Å². The topological polar surface area (TPSA) is 20.3 Å². The summed E-state index contributed by atoms with van der Waals surface area (Å²) in [5.74, 6) is 1.12. The van der Waals surface area contributed by atoms with E-state index >= 15 is 0 Å². The predicted molar refractivity (Wildman–Crippen MR) is 106 cm³/mol.